The number of pyridine rings is 1. The molecule has 3 rings (SSSR count). The Morgan fingerprint density at radius 3 is 2.78 bits per heavy atom. The molecule has 1 amide bonds. The lowest BCUT2D eigenvalue weighted by Crippen LogP contribution is -2.10. The summed E-state index contributed by atoms with van der Waals surface area (Å²) in [5, 5.41) is 0.858. The quantitative estimate of drug-likeness (QED) is 0.723. The van der Waals surface area contributed by atoms with Gasteiger partial charge in [0.15, 0.2) is 0 Å². The number of rotatable bonds is 4. The zero-order valence-electron chi connectivity index (χ0n) is 12.5. The first-order valence-electron chi connectivity index (χ1n) is 7.14. The molecular formula is C17H15N3O3. The molecule has 0 bridgehead atoms. The summed E-state index contributed by atoms with van der Waals surface area (Å²) in [4.78, 5) is 30.3. The van der Waals surface area contributed by atoms with E-state index in [0.29, 0.717) is 23.6 Å². The van der Waals surface area contributed by atoms with Gasteiger partial charge in [0, 0.05) is 28.2 Å². The number of ether oxygens (including phenoxy) is 1. The smallest absolute Gasteiger partial charge is 0.354 e. The summed E-state index contributed by atoms with van der Waals surface area (Å²) in [5.74, 6) is -0.889. The normalized spacial score (nSPS) is 10.7. The van der Waals surface area contributed by atoms with E-state index in [9.17, 15) is 9.59 Å². The Bertz CT molecular complexity index is 899. The molecule has 0 fully saturated rings. The number of nitrogens with one attached hydrogen (secondary N) is 1. The topological polar surface area (TPSA) is 98.1 Å². The van der Waals surface area contributed by atoms with Crippen molar-refractivity contribution in [1.82, 2.24) is 9.97 Å². The van der Waals surface area contributed by atoms with Crippen molar-refractivity contribution in [2.24, 2.45) is 5.73 Å². The SMILES string of the molecule is CCOC(=O)c1cc2cc(-c3cc(C(N)=O)ccn3)ccc2[nH]1. The average Bonchev–Trinajstić information content (AvgIpc) is 2.98. The monoisotopic (exact) mass is 309 g/mol. The second kappa shape index (κ2) is 5.92. The largest absolute Gasteiger partial charge is 0.461 e. The van der Waals surface area contributed by atoms with Crippen molar-refractivity contribution in [3.63, 3.8) is 0 Å². The van der Waals surface area contributed by atoms with Gasteiger partial charge >= 0.3 is 5.97 Å². The average molecular weight is 309 g/mol. The molecule has 0 saturated carbocycles. The van der Waals surface area contributed by atoms with E-state index in [1.54, 1.807) is 31.3 Å². The first kappa shape index (κ1) is 14.8. The number of nitrogens with zero attached hydrogens (tertiary/aromatic N) is 1. The van der Waals surface area contributed by atoms with Gasteiger partial charge in [-0.3, -0.25) is 9.78 Å². The third kappa shape index (κ3) is 2.91. The molecule has 0 atom stereocenters. The fraction of sp³-hybridized carbons (Fsp3) is 0.118. The first-order valence-corrected chi connectivity index (χ1v) is 7.14. The van der Waals surface area contributed by atoms with E-state index in [0.717, 1.165) is 16.5 Å². The molecule has 23 heavy (non-hydrogen) atoms. The molecule has 1 aromatic carbocycles. The van der Waals surface area contributed by atoms with Crippen molar-refractivity contribution >= 4 is 22.8 Å². The van der Waals surface area contributed by atoms with Crippen LogP contribution in [0.2, 0.25) is 0 Å². The van der Waals surface area contributed by atoms with Crippen molar-refractivity contribution in [3.8, 4) is 11.3 Å². The van der Waals surface area contributed by atoms with Crippen LogP contribution in [-0.4, -0.2) is 28.5 Å². The second-order valence-electron chi connectivity index (χ2n) is 5.00. The number of carbonyl (C=O) groups excluding carboxylic acids is 2. The number of amides is 1. The molecule has 0 unspecified atom stereocenters. The number of fused-ring (bicyclic) bond motifs is 1. The summed E-state index contributed by atoms with van der Waals surface area (Å²) in [6, 6.07) is 10.5. The Labute approximate surface area is 132 Å². The van der Waals surface area contributed by atoms with Crippen molar-refractivity contribution in [2.45, 2.75) is 6.92 Å². The van der Waals surface area contributed by atoms with Crippen LogP contribution in [0.5, 0.6) is 0 Å². The molecule has 2 aromatic heterocycles. The molecule has 0 aliphatic rings. The molecule has 0 aliphatic carbocycles. The van der Waals surface area contributed by atoms with E-state index in [4.69, 9.17) is 10.5 Å². The highest BCUT2D eigenvalue weighted by Crippen LogP contribution is 2.24. The highest BCUT2D eigenvalue weighted by molar-refractivity contribution is 5.96. The van der Waals surface area contributed by atoms with Crippen LogP contribution >= 0.6 is 0 Å². The number of nitrogens with two attached hydrogens (primary N) is 1. The Kier molecular flexibility index (Phi) is 3.80. The summed E-state index contributed by atoms with van der Waals surface area (Å²) in [6.07, 6.45) is 1.54. The minimum atomic E-state index is -0.499. The summed E-state index contributed by atoms with van der Waals surface area (Å²) in [6.45, 7) is 2.08. The maximum absolute atomic E-state index is 11.8. The van der Waals surface area contributed by atoms with Crippen molar-refractivity contribution in [3.05, 3.63) is 53.9 Å². The van der Waals surface area contributed by atoms with Crippen LogP contribution in [0.3, 0.4) is 0 Å². The number of hydrogen-bond acceptors (Lipinski definition) is 4. The van der Waals surface area contributed by atoms with Crippen LogP contribution in [0, 0.1) is 0 Å². The van der Waals surface area contributed by atoms with E-state index in [2.05, 4.69) is 9.97 Å². The second-order valence-corrected chi connectivity index (χ2v) is 5.00. The third-order valence-electron chi connectivity index (χ3n) is 3.46. The first-order chi connectivity index (χ1) is 11.1. The zero-order valence-corrected chi connectivity index (χ0v) is 12.5. The molecular weight excluding hydrogens is 294 g/mol. The minimum Gasteiger partial charge on any atom is -0.461 e. The Morgan fingerprint density at radius 1 is 1.22 bits per heavy atom. The lowest BCUT2D eigenvalue weighted by Gasteiger charge is -2.02. The van der Waals surface area contributed by atoms with Crippen LogP contribution in [0.4, 0.5) is 0 Å². The Balaban J connectivity index is 2.01. The molecule has 6 heteroatoms. The van der Waals surface area contributed by atoms with Gasteiger partial charge < -0.3 is 15.5 Å². The third-order valence-corrected chi connectivity index (χ3v) is 3.46. The fourth-order valence-electron chi connectivity index (χ4n) is 2.35. The highest BCUT2D eigenvalue weighted by atomic mass is 16.5. The predicted molar refractivity (Wildman–Crippen MR) is 86.0 cm³/mol. The lowest BCUT2D eigenvalue weighted by atomic mass is 10.1. The number of esters is 1. The van der Waals surface area contributed by atoms with Gasteiger partial charge in [-0.25, -0.2) is 4.79 Å². The minimum absolute atomic E-state index is 0.323. The van der Waals surface area contributed by atoms with Gasteiger partial charge in [0.1, 0.15) is 5.69 Å². The predicted octanol–water partition coefficient (Wildman–Crippen LogP) is 2.51. The molecule has 0 radical (unpaired) electrons. The number of benzene rings is 1. The number of aromatic nitrogens is 2. The van der Waals surface area contributed by atoms with E-state index in [1.165, 1.54) is 0 Å². The van der Waals surface area contributed by atoms with Crippen LogP contribution in [0.15, 0.2) is 42.6 Å². The van der Waals surface area contributed by atoms with Crippen LogP contribution < -0.4 is 5.73 Å². The molecule has 3 aromatic rings. The summed E-state index contributed by atoms with van der Waals surface area (Å²) in [7, 11) is 0. The molecule has 3 N–H and O–H groups in total. The van der Waals surface area contributed by atoms with Crippen LogP contribution in [0.1, 0.15) is 27.8 Å². The van der Waals surface area contributed by atoms with Gasteiger partial charge in [0.2, 0.25) is 5.91 Å². The Hall–Kier alpha value is -3.15. The molecule has 116 valence electrons. The van der Waals surface area contributed by atoms with Crippen LogP contribution in [-0.2, 0) is 4.74 Å². The number of primary amides is 1. The molecule has 6 nitrogen and oxygen atoms in total. The van der Waals surface area contributed by atoms with Gasteiger partial charge in [-0.1, -0.05) is 6.07 Å². The van der Waals surface area contributed by atoms with E-state index in [1.807, 2.05) is 18.2 Å². The maximum Gasteiger partial charge on any atom is 0.354 e. The van der Waals surface area contributed by atoms with Crippen molar-refractivity contribution < 1.29 is 14.3 Å². The van der Waals surface area contributed by atoms with E-state index >= 15 is 0 Å². The van der Waals surface area contributed by atoms with Gasteiger partial charge in [0.05, 0.1) is 12.3 Å². The zero-order chi connectivity index (χ0) is 16.4. The van der Waals surface area contributed by atoms with Crippen molar-refractivity contribution in [2.75, 3.05) is 6.61 Å². The number of hydrogen-bond donors (Lipinski definition) is 2. The Morgan fingerprint density at radius 2 is 2.04 bits per heavy atom. The summed E-state index contributed by atoms with van der Waals surface area (Å²) < 4.78 is 4.98. The van der Waals surface area contributed by atoms with E-state index < -0.39 is 5.91 Å². The standard InChI is InChI=1S/C17H15N3O3/c1-2-23-17(22)15-9-12-7-10(3-4-13(12)20-15)14-8-11(16(18)21)5-6-19-14/h3-9,20H,2H2,1H3,(H2,18,21). The fourth-order valence-corrected chi connectivity index (χ4v) is 2.35. The lowest BCUT2D eigenvalue weighted by molar-refractivity contribution is 0.0520. The molecule has 0 aliphatic heterocycles. The van der Waals surface area contributed by atoms with Gasteiger partial charge in [-0.15, -0.1) is 0 Å². The molecule has 0 spiro atoms. The maximum atomic E-state index is 11.8. The van der Waals surface area contributed by atoms with E-state index in [-0.39, 0.29) is 5.97 Å². The summed E-state index contributed by atoms with van der Waals surface area (Å²) in [5.41, 5.74) is 8.39. The number of carbonyl (C=O) groups is 2. The van der Waals surface area contributed by atoms with Gasteiger partial charge in [0.25, 0.3) is 0 Å². The molecule has 0 saturated heterocycles. The van der Waals surface area contributed by atoms with Gasteiger partial charge in [-0.2, -0.15) is 0 Å². The van der Waals surface area contributed by atoms with Crippen LogP contribution in [0.25, 0.3) is 22.2 Å². The molecule has 2 heterocycles. The van der Waals surface area contributed by atoms with Crippen molar-refractivity contribution in [1.29, 1.82) is 0 Å². The number of aromatic amines is 1. The highest BCUT2D eigenvalue weighted by Gasteiger charge is 2.11. The number of H-pyrrole nitrogens is 1. The summed E-state index contributed by atoms with van der Waals surface area (Å²) >= 11 is 0. The van der Waals surface area contributed by atoms with Gasteiger partial charge in [-0.05, 0) is 37.3 Å².